The van der Waals surface area contributed by atoms with E-state index in [1.807, 2.05) is 35.2 Å². The van der Waals surface area contributed by atoms with Gasteiger partial charge in [-0.2, -0.15) is 0 Å². The Labute approximate surface area is 179 Å². The second-order valence-corrected chi connectivity index (χ2v) is 9.30. The van der Waals surface area contributed by atoms with E-state index in [1.165, 1.54) is 6.92 Å². The zero-order chi connectivity index (χ0) is 21.1. The number of esters is 1. The van der Waals surface area contributed by atoms with E-state index in [-0.39, 0.29) is 29.8 Å². The van der Waals surface area contributed by atoms with Crippen LogP contribution in [0.2, 0.25) is 0 Å². The topological polar surface area (TPSA) is 70.1 Å². The van der Waals surface area contributed by atoms with Gasteiger partial charge in [0, 0.05) is 44.9 Å². The largest absolute Gasteiger partial charge is 0.462 e. The van der Waals surface area contributed by atoms with Crippen LogP contribution in [0.4, 0.5) is 0 Å². The molecule has 30 heavy (non-hydrogen) atoms. The maximum absolute atomic E-state index is 13.1. The fourth-order valence-electron chi connectivity index (χ4n) is 5.52. The lowest BCUT2D eigenvalue weighted by molar-refractivity contribution is -0.148. The van der Waals surface area contributed by atoms with E-state index in [1.54, 1.807) is 0 Å². The van der Waals surface area contributed by atoms with Crippen LogP contribution in [-0.2, 0) is 19.9 Å². The zero-order valence-electron chi connectivity index (χ0n) is 18.0. The number of hydrogen-bond acceptors (Lipinski definition) is 5. The molecule has 0 spiro atoms. The SMILES string of the molecule is CC(=O)OC1CCN(C[C@H]2CN(C(=O)C3CCCC3)C[C@]2(O)c2ccccc2)CC1. The number of ether oxygens (including phenoxy) is 1. The highest BCUT2D eigenvalue weighted by Crippen LogP contribution is 2.39. The third-order valence-electron chi connectivity index (χ3n) is 7.18. The van der Waals surface area contributed by atoms with Gasteiger partial charge in [0.2, 0.25) is 5.91 Å². The molecule has 1 saturated carbocycles. The molecule has 1 aromatic rings. The number of benzene rings is 1. The van der Waals surface area contributed by atoms with Crippen molar-refractivity contribution in [1.29, 1.82) is 0 Å². The molecular weight excluding hydrogens is 380 g/mol. The average Bonchev–Trinajstić information content (AvgIpc) is 3.39. The number of hydrogen-bond donors (Lipinski definition) is 1. The van der Waals surface area contributed by atoms with Gasteiger partial charge in [0.05, 0.1) is 6.54 Å². The monoisotopic (exact) mass is 414 g/mol. The Bertz CT molecular complexity index is 741. The molecule has 3 aliphatic rings. The molecule has 2 aliphatic heterocycles. The molecule has 164 valence electrons. The predicted molar refractivity (Wildman–Crippen MR) is 114 cm³/mol. The minimum Gasteiger partial charge on any atom is -0.462 e. The number of piperidine rings is 1. The molecule has 0 radical (unpaired) electrons. The summed E-state index contributed by atoms with van der Waals surface area (Å²) < 4.78 is 5.36. The van der Waals surface area contributed by atoms with Gasteiger partial charge in [0.1, 0.15) is 11.7 Å². The van der Waals surface area contributed by atoms with Crippen molar-refractivity contribution in [2.75, 3.05) is 32.7 Å². The Morgan fingerprint density at radius 3 is 2.40 bits per heavy atom. The summed E-state index contributed by atoms with van der Waals surface area (Å²) in [5.74, 6) is 0.0976. The maximum Gasteiger partial charge on any atom is 0.302 e. The van der Waals surface area contributed by atoms with Crippen molar-refractivity contribution in [2.45, 2.75) is 57.2 Å². The first-order valence-corrected chi connectivity index (χ1v) is 11.4. The molecule has 4 rings (SSSR count). The van der Waals surface area contributed by atoms with Crippen molar-refractivity contribution >= 4 is 11.9 Å². The van der Waals surface area contributed by atoms with Crippen molar-refractivity contribution in [3.05, 3.63) is 35.9 Å². The third-order valence-corrected chi connectivity index (χ3v) is 7.18. The Kier molecular flexibility index (Phi) is 6.44. The van der Waals surface area contributed by atoms with Gasteiger partial charge in [-0.3, -0.25) is 9.59 Å². The van der Waals surface area contributed by atoms with Gasteiger partial charge >= 0.3 is 5.97 Å². The predicted octanol–water partition coefficient (Wildman–Crippen LogP) is 2.55. The molecule has 2 saturated heterocycles. The molecule has 2 heterocycles. The Hall–Kier alpha value is -1.92. The zero-order valence-corrected chi connectivity index (χ0v) is 18.0. The normalized spacial score (nSPS) is 28.7. The lowest BCUT2D eigenvalue weighted by Crippen LogP contribution is -2.45. The molecule has 6 heteroatoms. The molecule has 2 atom stereocenters. The number of aliphatic hydroxyl groups is 1. The number of nitrogens with zero attached hydrogens (tertiary/aromatic N) is 2. The van der Waals surface area contributed by atoms with Crippen LogP contribution in [0.25, 0.3) is 0 Å². The highest BCUT2D eigenvalue weighted by molar-refractivity contribution is 5.79. The summed E-state index contributed by atoms with van der Waals surface area (Å²) in [5.41, 5.74) is -0.131. The van der Waals surface area contributed by atoms with E-state index in [4.69, 9.17) is 4.74 Å². The van der Waals surface area contributed by atoms with Crippen LogP contribution < -0.4 is 0 Å². The third kappa shape index (κ3) is 4.54. The standard InChI is InChI=1S/C24H34N2O4/c1-18(27)30-22-11-13-25(14-12-22)15-21-16-26(23(28)19-7-5-6-8-19)17-24(21,29)20-9-3-2-4-10-20/h2-4,9-10,19,21-22,29H,5-8,11-17H2,1H3/t21-,24-/m0/s1. The van der Waals surface area contributed by atoms with Crippen molar-refractivity contribution in [3.63, 3.8) is 0 Å². The van der Waals surface area contributed by atoms with E-state index in [0.717, 1.165) is 63.7 Å². The first-order chi connectivity index (χ1) is 14.5. The van der Waals surface area contributed by atoms with Gasteiger partial charge in [-0.15, -0.1) is 0 Å². The first-order valence-electron chi connectivity index (χ1n) is 11.4. The summed E-state index contributed by atoms with van der Waals surface area (Å²) in [7, 11) is 0. The molecule has 1 N–H and O–H groups in total. The minimum absolute atomic E-state index is 0.00391. The van der Waals surface area contributed by atoms with E-state index in [2.05, 4.69) is 4.90 Å². The van der Waals surface area contributed by atoms with E-state index in [9.17, 15) is 14.7 Å². The average molecular weight is 415 g/mol. The number of amides is 1. The molecule has 0 bridgehead atoms. The maximum atomic E-state index is 13.1. The van der Waals surface area contributed by atoms with Gasteiger partial charge < -0.3 is 19.6 Å². The molecule has 0 unspecified atom stereocenters. The van der Waals surface area contributed by atoms with Crippen LogP contribution in [-0.4, -0.2) is 65.6 Å². The van der Waals surface area contributed by atoms with Gasteiger partial charge in [0.15, 0.2) is 0 Å². The lowest BCUT2D eigenvalue weighted by Gasteiger charge is -2.36. The number of carbonyl (C=O) groups is 2. The molecule has 1 aromatic carbocycles. The van der Waals surface area contributed by atoms with E-state index < -0.39 is 5.60 Å². The Morgan fingerprint density at radius 1 is 1.10 bits per heavy atom. The molecule has 1 amide bonds. The van der Waals surface area contributed by atoms with E-state index in [0.29, 0.717) is 13.1 Å². The van der Waals surface area contributed by atoms with Crippen molar-refractivity contribution < 1.29 is 19.4 Å². The van der Waals surface area contributed by atoms with Crippen LogP contribution in [0.15, 0.2) is 30.3 Å². The van der Waals surface area contributed by atoms with Crippen molar-refractivity contribution in [1.82, 2.24) is 9.80 Å². The quantitative estimate of drug-likeness (QED) is 0.750. The van der Waals surface area contributed by atoms with Crippen LogP contribution in [0.3, 0.4) is 0 Å². The fraction of sp³-hybridized carbons (Fsp3) is 0.667. The van der Waals surface area contributed by atoms with Gasteiger partial charge in [-0.25, -0.2) is 0 Å². The lowest BCUT2D eigenvalue weighted by atomic mass is 9.83. The van der Waals surface area contributed by atoms with Crippen LogP contribution >= 0.6 is 0 Å². The van der Waals surface area contributed by atoms with Crippen molar-refractivity contribution in [2.24, 2.45) is 11.8 Å². The molecule has 3 fully saturated rings. The number of rotatable bonds is 5. The van der Waals surface area contributed by atoms with Crippen LogP contribution in [0, 0.1) is 11.8 Å². The summed E-state index contributed by atoms with van der Waals surface area (Å²) in [5, 5.41) is 11.8. The molecule has 1 aliphatic carbocycles. The number of β-amino-alcohol motifs (C(OH)–C–C–N with tert-alkyl or cyclic N) is 1. The molecular formula is C24H34N2O4. The van der Waals surface area contributed by atoms with Crippen LogP contribution in [0.1, 0.15) is 51.0 Å². The summed E-state index contributed by atoms with van der Waals surface area (Å²) >= 11 is 0. The van der Waals surface area contributed by atoms with Crippen molar-refractivity contribution in [3.8, 4) is 0 Å². The van der Waals surface area contributed by atoms with E-state index >= 15 is 0 Å². The second-order valence-electron chi connectivity index (χ2n) is 9.30. The summed E-state index contributed by atoms with van der Waals surface area (Å²) in [6, 6.07) is 9.82. The highest BCUT2D eigenvalue weighted by Gasteiger charge is 2.49. The Morgan fingerprint density at radius 2 is 1.77 bits per heavy atom. The molecule has 6 nitrogen and oxygen atoms in total. The second kappa shape index (κ2) is 9.06. The summed E-state index contributed by atoms with van der Waals surface area (Å²) in [6.45, 7) is 4.87. The van der Waals surface area contributed by atoms with Gasteiger partial charge in [-0.05, 0) is 31.2 Å². The Balaban J connectivity index is 1.46. The smallest absolute Gasteiger partial charge is 0.302 e. The van der Waals surface area contributed by atoms with Crippen LogP contribution in [0.5, 0.6) is 0 Å². The molecule has 0 aromatic heterocycles. The summed E-state index contributed by atoms with van der Waals surface area (Å²) in [4.78, 5) is 28.6. The number of carbonyl (C=O) groups excluding carboxylic acids is 2. The minimum atomic E-state index is -1.03. The van der Waals surface area contributed by atoms with Gasteiger partial charge in [-0.1, -0.05) is 43.2 Å². The summed E-state index contributed by atoms with van der Waals surface area (Å²) in [6.07, 6.45) is 5.86. The first kappa shape index (κ1) is 21.3. The van der Waals surface area contributed by atoms with Gasteiger partial charge in [0.25, 0.3) is 0 Å². The number of likely N-dealkylation sites (tertiary alicyclic amines) is 2. The highest BCUT2D eigenvalue weighted by atomic mass is 16.5. The fourth-order valence-corrected chi connectivity index (χ4v) is 5.52.